The Kier molecular flexibility index (Phi) is 7.59. The number of aromatic amines is 1. The Labute approximate surface area is 227 Å². The summed E-state index contributed by atoms with van der Waals surface area (Å²) in [5.74, 6) is -3.18. The number of nitrogens with zero attached hydrogens (tertiary/aromatic N) is 3. The van der Waals surface area contributed by atoms with Gasteiger partial charge in [-0.1, -0.05) is 28.9 Å². The van der Waals surface area contributed by atoms with Crippen LogP contribution in [0.15, 0.2) is 77.3 Å². The first-order valence-electron chi connectivity index (χ1n) is 12.5. The summed E-state index contributed by atoms with van der Waals surface area (Å²) >= 11 is 0. The standard InChI is InChI=1S/C30H24F2N4O4/c1-17-2-5-20(6-3-17)29-33-28(36-40-29)25-11-4-18(13-26(25)32)12-21(30(38)39)14-24(37)15-23-16-27(35-34-23)19-7-9-22(31)10-8-19/h2-11,13,16,21H,12,14-15H2,1H3,(H,34,35)(H,38,39). The van der Waals surface area contributed by atoms with Crippen molar-refractivity contribution in [3.8, 4) is 34.1 Å². The second-order valence-electron chi connectivity index (χ2n) is 9.55. The number of carboxylic acid groups (broad SMARTS) is 1. The smallest absolute Gasteiger partial charge is 0.307 e. The van der Waals surface area contributed by atoms with E-state index in [1.165, 1.54) is 24.3 Å². The number of carboxylic acids is 1. The first-order chi connectivity index (χ1) is 19.2. The van der Waals surface area contributed by atoms with Crippen molar-refractivity contribution in [3.05, 3.63) is 101 Å². The van der Waals surface area contributed by atoms with Crippen LogP contribution in [0, 0.1) is 24.5 Å². The Morgan fingerprint density at radius 1 is 0.975 bits per heavy atom. The van der Waals surface area contributed by atoms with E-state index in [1.807, 2.05) is 31.2 Å². The van der Waals surface area contributed by atoms with Crippen LogP contribution in [-0.4, -0.2) is 37.2 Å². The number of carbonyl (C=O) groups is 2. The maximum Gasteiger partial charge on any atom is 0.307 e. The molecule has 0 fully saturated rings. The quantitative estimate of drug-likeness (QED) is 0.228. The molecule has 2 N–H and O–H groups in total. The van der Waals surface area contributed by atoms with E-state index >= 15 is 0 Å². The van der Waals surface area contributed by atoms with Crippen molar-refractivity contribution in [2.24, 2.45) is 5.92 Å². The molecule has 0 spiro atoms. The van der Waals surface area contributed by atoms with Crippen molar-refractivity contribution in [2.45, 2.75) is 26.2 Å². The number of aromatic nitrogens is 4. The van der Waals surface area contributed by atoms with Gasteiger partial charge in [-0.2, -0.15) is 10.1 Å². The number of aliphatic carboxylic acids is 1. The highest BCUT2D eigenvalue weighted by atomic mass is 19.1. The molecule has 1 unspecified atom stereocenters. The van der Waals surface area contributed by atoms with Gasteiger partial charge in [-0.05, 0) is 73.5 Å². The molecule has 5 aromatic rings. The van der Waals surface area contributed by atoms with Crippen molar-refractivity contribution < 1.29 is 28.0 Å². The van der Waals surface area contributed by atoms with Gasteiger partial charge in [-0.3, -0.25) is 14.7 Å². The minimum absolute atomic E-state index is 0.0388. The molecule has 0 radical (unpaired) electrons. The van der Waals surface area contributed by atoms with E-state index in [4.69, 9.17) is 4.52 Å². The summed E-state index contributed by atoms with van der Waals surface area (Å²) in [6, 6.07) is 19.2. The lowest BCUT2D eigenvalue weighted by Crippen LogP contribution is -2.21. The number of rotatable bonds is 10. The lowest BCUT2D eigenvalue weighted by Gasteiger charge is -2.12. The molecule has 1 atom stereocenters. The normalized spacial score (nSPS) is 11.9. The van der Waals surface area contributed by atoms with Gasteiger partial charge in [0.05, 0.1) is 17.2 Å². The molecule has 8 nitrogen and oxygen atoms in total. The van der Waals surface area contributed by atoms with Crippen LogP contribution in [0.3, 0.4) is 0 Å². The highest BCUT2D eigenvalue weighted by molar-refractivity contribution is 5.85. The number of H-pyrrole nitrogens is 1. The number of aryl methyl sites for hydroxylation is 1. The summed E-state index contributed by atoms with van der Waals surface area (Å²) in [6.45, 7) is 1.96. The van der Waals surface area contributed by atoms with E-state index in [-0.39, 0.29) is 48.1 Å². The summed E-state index contributed by atoms with van der Waals surface area (Å²) < 4.78 is 33.4. The van der Waals surface area contributed by atoms with Crippen molar-refractivity contribution in [3.63, 3.8) is 0 Å². The molecule has 0 amide bonds. The third-order valence-corrected chi connectivity index (χ3v) is 6.46. The maximum absolute atomic E-state index is 15.0. The van der Waals surface area contributed by atoms with Crippen molar-refractivity contribution in [1.29, 1.82) is 0 Å². The molecule has 0 saturated heterocycles. The predicted octanol–water partition coefficient (Wildman–Crippen LogP) is 5.83. The number of ketones is 1. The summed E-state index contributed by atoms with van der Waals surface area (Å²) in [5, 5.41) is 20.5. The van der Waals surface area contributed by atoms with Gasteiger partial charge in [0.15, 0.2) is 0 Å². The van der Waals surface area contributed by atoms with Crippen molar-refractivity contribution in [1.82, 2.24) is 20.3 Å². The second-order valence-corrected chi connectivity index (χ2v) is 9.55. The molecule has 2 heterocycles. The van der Waals surface area contributed by atoms with Crippen LogP contribution >= 0.6 is 0 Å². The number of carbonyl (C=O) groups excluding carboxylic acids is 1. The third-order valence-electron chi connectivity index (χ3n) is 6.46. The monoisotopic (exact) mass is 542 g/mol. The molecular formula is C30H24F2N4O4. The van der Waals surface area contributed by atoms with E-state index < -0.39 is 17.7 Å². The molecule has 3 aromatic carbocycles. The van der Waals surface area contributed by atoms with Gasteiger partial charge in [-0.15, -0.1) is 0 Å². The van der Waals surface area contributed by atoms with Crippen LogP contribution < -0.4 is 0 Å². The van der Waals surface area contributed by atoms with E-state index in [0.717, 1.165) is 5.56 Å². The van der Waals surface area contributed by atoms with Crippen LogP contribution in [0.1, 0.15) is 23.2 Å². The molecule has 2 aromatic heterocycles. The molecule has 202 valence electrons. The Morgan fingerprint density at radius 2 is 1.70 bits per heavy atom. The maximum atomic E-state index is 15.0. The molecule has 5 rings (SSSR count). The summed E-state index contributed by atoms with van der Waals surface area (Å²) in [7, 11) is 0. The van der Waals surface area contributed by atoms with Crippen molar-refractivity contribution in [2.75, 3.05) is 0 Å². The lowest BCUT2D eigenvalue weighted by molar-refractivity contribution is -0.143. The Bertz CT molecular complexity index is 1660. The minimum Gasteiger partial charge on any atom is -0.481 e. The Balaban J connectivity index is 1.23. The molecule has 0 bridgehead atoms. The second kappa shape index (κ2) is 11.4. The van der Waals surface area contributed by atoms with Crippen LogP contribution in [0.4, 0.5) is 8.78 Å². The van der Waals surface area contributed by atoms with Gasteiger partial charge >= 0.3 is 5.97 Å². The summed E-state index contributed by atoms with van der Waals surface area (Å²) in [6.07, 6.45) is -0.330. The Morgan fingerprint density at radius 3 is 2.40 bits per heavy atom. The van der Waals surface area contributed by atoms with E-state index in [9.17, 15) is 23.5 Å². The van der Waals surface area contributed by atoms with Gasteiger partial charge in [0.1, 0.15) is 17.4 Å². The highest BCUT2D eigenvalue weighted by Crippen LogP contribution is 2.26. The van der Waals surface area contributed by atoms with Gasteiger partial charge < -0.3 is 9.63 Å². The Hall–Kier alpha value is -4.99. The molecule has 0 saturated carbocycles. The van der Waals surface area contributed by atoms with Crippen molar-refractivity contribution >= 4 is 11.8 Å². The topological polar surface area (TPSA) is 122 Å². The van der Waals surface area contributed by atoms with E-state index in [0.29, 0.717) is 28.1 Å². The molecule has 0 aliphatic carbocycles. The molecular weight excluding hydrogens is 518 g/mol. The fraction of sp³-hybridized carbons (Fsp3) is 0.167. The van der Waals surface area contributed by atoms with Gasteiger partial charge in [0.2, 0.25) is 5.82 Å². The zero-order valence-corrected chi connectivity index (χ0v) is 21.4. The fourth-order valence-electron chi connectivity index (χ4n) is 4.32. The summed E-state index contributed by atoms with van der Waals surface area (Å²) in [4.78, 5) is 28.9. The lowest BCUT2D eigenvalue weighted by atomic mass is 9.92. The highest BCUT2D eigenvalue weighted by Gasteiger charge is 2.23. The largest absolute Gasteiger partial charge is 0.481 e. The average Bonchev–Trinajstić information content (AvgIpc) is 3.60. The third kappa shape index (κ3) is 6.17. The first kappa shape index (κ1) is 26.6. The SMILES string of the molecule is Cc1ccc(-c2nc(-c3ccc(CC(CC(=O)Cc4cc(-c5ccc(F)cc5)n[nH]4)C(=O)O)cc3F)no2)cc1. The number of Topliss-reactive ketones (excluding diaryl/α,β-unsaturated/α-hetero) is 1. The zero-order chi connectivity index (χ0) is 28.2. The van der Waals surface area contributed by atoms with Crippen LogP contribution in [0.5, 0.6) is 0 Å². The molecule has 0 aliphatic rings. The molecule has 0 aliphatic heterocycles. The number of halogens is 2. The first-order valence-corrected chi connectivity index (χ1v) is 12.5. The van der Waals surface area contributed by atoms with E-state index in [2.05, 4.69) is 20.3 Å². The van der Waals surface area contributed by atoms with Gasteiger partial charge in [0, 0.05) is 29.7 Å². The fourth-order valence-corrected chi connectivity index (χ4v) is 4.32. The van der Waals surface area contributed by atoms with Crippen LogP contribution in [0.2, 0.25) is 0 Å². The van der Waals surface area contributed by atoms with E-state index in [1.54, 1.807) is 24.3 Å². The minimum atomic E-state index is -1.16. The predicted molar refractivity (Wildman–Crippen MR) is 142 cm³/mol. The van der Waals surface area contributed by atoms with Gasteiger partial charge in [-0.25, -0.2) is 8.78 Å². The summed E-state index contributed by atoms with van der Waals surface area (Å²) in [5.41, 5.74) is 4.04. The number of nitrogens with one attached hydrogen (secondary N) is 1. The van der Waals surface area contributed by atoms with Crippen LogP contribution in [0.25, 0.3) is 34.1 Å². The zero-order valence-electron chi connectivity index (χ0n) is 21.4. The number of benzene rings is 3. The number of hydrogen-bond acceptors (Lipinski definition) is 6. The average molecular weight is 543 g/mol. The van der Waals surface area contributed by atoms with Crippen LogP contribution in [-0.2, 0) is 22.4 Å². The number of hydrogen-bond donors (Lipinski definition) is 2. The molecule has 10 heteroatoms. The van der Waals surface area contributed by atoms with Gasteiger partial charge in [0.25, 0.3) is 5.89 Å². The molecule has 40 heavy (non-hydrogen) atoms.